The van der Waals surface area contributed by atoms with E-state index in [-0.39, 0.29) is 16.4 Å². The summed E-state index contributed by atoms with van der Waals surface area (Å²) in [4.78, 5) is 26.0. The standard InChI is InChI=1S/C18H14ClFN2O2/c1-10-7-8-12(9-11(10)2)22-17(23)15(19)16(18(22)24)21-14-6-4-3-5-13(14)20/h3-9,21H,1-2H3. The summed E-state index contributed by atoms with van der Waals surface area (Å²) in [7, 11) is 0. The van der Waals surface area contributed by atoms with Gasteiger partial charge in [0.2, 0.25) is 0 Å². The second-order valence-corrected chi connectivity index (χ2v) is 5.89. The van der Waals surface area contributed by atoms with Crippen LogP contribution in [0.15, 0.2) is 53.2 Å². The Hall–Kier alpha value is -2.66. The van der Waals surface area contributed by atoms with Gasteiger partial charge in [0.25, 0.3) is 11.8 Å². The lowest BCUT2D eigenvalue weighted by Gasteiger charge is -2.16. The lowest BCUT2D eigenvalue weighted by Crippen LogP contribution is -2.32. The Bertz CT molecular complexity index is 892. The maximum Gasteiger partial charge on any atom is 0.283 e. The Kier molecular flexibility index (Phi) is 4.11. The van der Waals surface area contributed by atoms with Crippen molar-refractivity contribution in [2.24, 2.45) is 0 Å². The molecule has 4 nitrogen and oxygen atoms in total. The van der Waals surface area contributed by atoms with Crippen molar-refractivity contribution < 1.29 is 14.0 Å². The highest BCUT2D eigenvalue weighted by Crippen LogP contribution is 2.31. The molecule has 0 saturated carbocycles. The van der Waals surface area contributed by atoms with Crippen LogP contribution in [0.25, 0.3) is 0 Å². The molecule has 2 amide bonds. The molecule has 2 aromatic rings. The Morgan fingerprint density at radius 1 is 1.00 bits per heavy atom. The van der Waals surface area contributed by atoms with Gasteiger partial charge in [-0.3, -0.25) is 9.59 Å². The van der Waals surface area contributed by atoms with Gasteiger partial charge in [-0.1, -0.05) is 29.8 Å². The summed E-state index contributed by atoms with van der Waals surface area (Å²) < 4.78 is 13.8. The maximum absolute atomic E-state index is 13.8. The van der Waals surface area contributed by atoms with Crippen LogP contribution in [-0.2, 0) is 9.59 Å². The number of anilines is 2. The highest BCUT2D eigenvalue weighted by molar-refractivity contribution is 6.53. The van der Waals surface area contributed by atoms with Gasteiger partial charge >= 0.3 is 0 Å². The number of benzene rings is 2. The van der Waals surface area contributed by atoms with Crippen molar-refractivity contribution in [1.29, 1.82) is 0 Å². The molecule has 0 aromatic heterocycles. The molecule has 0 atom stereocenters. The summed E-state index contributed by atoms with van der Waals surface area (Å²) in [6.07, 6.45) is 0. The molecule has 0 radical (unpaired) electrons. The molecule has 122 valence electrons. The summed E-state index contributed by atoms with van der Waals surface area (Å²) in [5, 5.41) is 2.36. The Labute approximate surface area is 143 Å². The number of aryl methyl sites for hydroxylation is 2. The van der Waals surface area contributed by atoms with Crippen molar-refractivity contribution in [3.8, 4) is 0 Å². The number of hydrogen-bond acceptors (Lipinski definition) is 3. The van der Waals surface area contributed by atoms with Crippen molar-refractivity contribution in [1.82, 2.24) is 0 Å². The average molecular weight is 345 g/mol. The number of rotatable bonds is 3. The second-order valence-electron chi connectivity index (χ2n) is 5.51. The lowest BCUT2D eigenvalue weighted by molar-refractivity contribution is -0.120. The third-order valence-corrected chi connectivity index (χ3v) is 4.26. The van der Waals surface area contributed by atoms with Crippen LogP contribution in [0.2, 0.25) is 0 Å². The van der Waals surface area contributed by atoms with Gasteiger partial charge in [0, 0.05) is 0 Å². The first-order valence-electron chi connectivity index (χ1n) is 7.27. The monoisotopic (exact) mass is 344 g/mol. The van der Waals surface area contributed by atoms with Crippen LogP contribution in [0.3, 0.4) is 0 Å². The van der Waals surface area contributed by atoms with Gasteiger partial charge in [0.05, 0.1) is 11.4 Å². The van der Waals surface area contributed by atoms with E-state index < -0.39 is 17.6 Å². The number of carbonyl (C=O) groups is 2. The number of amides is 2. The predicted molar refractivity (Wildman–Crippen MR) is 91.3 cm³/mol. The predicted octanol–water partition coefficient (Wildman–Crippen LogP) is 3.88. The molecule has 1 N–H and O–H groups in total. The fourth-order valence-corrected chi connectivity index (χ4v) is 2.62. The van der Waals surface area contributed by atoms with E-state index in [0.29, 0.717) is 5.69 Å². The van der Waals surface area contributed by atoms with Crippen LogP contribution in [0, 0.1) is 19.7 Å². The Morgan fingerprint density at radius 3 is 2.38 bits per heavy atom. The molecular formula is C18H14ClFN2O2. The number of halogens is 2. The summed E-state index contributed by atoms with van der Waals surface area (Å²) in [6.45, 7) is 3.82. The van der Waals surface area contributed by atoms with Crippen molar-refractivity contribution in [2.45, 2.75) is 13.8 Å². The molecule has 0 saturated heterocycles. The highest BCUT2D eigenvalue weighted by Gasteiger charge is 2.39. The van der Waals surface area contributed by atoms with Gasteiger partial charge in [0.1, 0.15) is 16.5 Å². The number of hydrogen-bond donors (Lipinski definition) is 1. The number of nitrogens with zero attached hydrogens (tertiary/aromatic N) is 1. The van der Waals surface area contributed by atoms with Crippen LogP contribution in [0.4, 0.5) is 15.8 Å². The highest BCUT2D eigenvalue weighted by atomic mass is 35.5. The van der Waals surface area contributed by atoms with Gasteiger partial charge in [-0.2, -0.15) is 0 Å². The van der Waals surface area contributed by atoms with Crippen LogP contribution in [0.5, 0.6) is 0 Å². The molecule has 6 heteroatoms. The Balaban J connectivity index is 1.95. The first-order chi connectivity index (χ1) is 11.4. The van der Waals surface area contributed by atoms with Crippen molar-refractivity contribution in [3.05, 3.63) is 70.1 Å². The first-order valence-corrected chi connectivity index (χ1v) is 7.65. The van der Waals surface area contributed by atoms with Gasteiger partial charge in [0.15, 0.2) is 0 Å². The normalized spacial score (nSPS) is 14.6. The second kappa shape index (κ2) is 6.09. The minimum Gasteiger partial charge on any atom is -0.347 e. The van der Waals surface area contributed by atoms with Crippen molar-refractivity contribution in [3.63, 3.8) is 0 Å². The Morgan fingerprint density at radius 2 is 1.71 bits per heavy atom. The molecule has 1 aliphatic heterocycles. The first kappa shape index (κ1) is 16.2. The lowest BCUT2D eigenvalue weighted by atomic mass is 10.1. The maximum atomic E-state index is 13.8. The van der Waals surface area contributed by atoms with Gasteiger partial charge in [-0.25, -0.2) is 9.29 Å². The molecule has 0 fully saturated rings. The molecule has 0 bridgehead atoms. The van der Waals surface area contributed by atoms with Gasteiger partial charge in [-0.15, -0.1) is 0 Å². The summed E-state index contributed by atoms with van der Waals surface area (Å²) >= 11 is 6.02. The van der Waals surface area contributed by atoms with Crippen LogP contribution in [0.1, 0.15) is 11.1 Å². The van der Waals surface area contributed by atoms with E-state index in [1.54, 1.807) is 18.2 Å². The zero-order valence-corrected chi connectivity index (χ0v) is 13.8. The molecule has 3 rings (SSSR count). The summed E-state index contributed by atoms with van der Waals surface area (Å²) in [6, 6.07) is 11.1. The molecule has 0 unspecified atom stereocenters. The van der Waals surface area contributed by atoms with E-state index >= 15 is 0 Å². The fourth-order valence-electron chi connectivity index (χ4n) is 2.41. The molecule has 2 aromatic carbocycles. The van der Waals surface area contributed by atoms with Gasteiger partial charge in [-0.05, 0) is 49.2 Å². The molecule has 1 heterocycles. The topological polar surface area (TPSA) is 49.4 Å². The summed E-state index contributed by atoms with van der Waals surface area (Å²) in [5.74, 6) is -1.79. The van der Waals surface area contributed by atoms with E-state index in [4.69, 9.17) is 11.6 Å². The quantitative estimate of drug-likeness (QED) is 0.860. The average Bonchev–Trinajstić information content (AvgIpc) is 2.76. The zero-order chi connectivity index (χ0) is 17.4. The van der Waals surface area contributed by atoms with E-state index in [1.807, 2.05) is 19.9 Å². The number of carbonyl (C=O) groups excluding carboxylic acids is 2. The largest absolute Gasteiger partial charge is 0.347 e. The van der Waals surface area contributed by atoms with Crippen LogP contribution in [-0.4, -0.2) is 11.8 Å². The van der Waals surface area contributed by atoms with Crippen LogP contribution < -0.4 is 10.2 Å². The van der Waals surface area contributed by atoms with Gasteiger partial charge < -0.3 is 5.32 Å². The SMILES string of the molecule is Cc1ccc(N2C(=O)C(Cl)=C(Nc3ccccc3F)C2=O)cc1C. The third kappa shape index (κ3) is 2.67. The molecular weight excluding hydrogens is 331 g/mol. The number of para-hydroxylation sites is 1. The fraction of sp³-hybridized carbons (Fsp3) is 0.111. The van der Waals surface area contributed by atoms with E-state index in [2.05, 4.69) is 5.32 Å². The molecule has 0 aliphatic carbocycles. The van der Waals surface area contributed by atoms with Crippen LogP contribution >= 0.6 is 11.6 Å². The minimum atomic E-state index is -0.635. The van der Waals surface area contributed by atoms with E-state index in [0.717, 1.165) is 16.0 Å². The van der Waals surface area contributed by atoms with E-state index in [9.17, 15) is 14.0 Å². The molecule has 1 aliphatic rings. The third-order valence-electron chi connectivity index (χ3n) is 3.91. The van der Waals surface area contributed by atoms with E-state index in [1.165, 1.54) is 18.2 Å². The van der Waals surface area contributed by atoms with Crippen molar-refractivity contribution in [2.75, 3.05) is 10.2 Å². The zero-order valence-electron chi connectivity index (χ0n) is 13.1. The smallest absolute Gasteiger partial charge is 0.283 e. The minimum absolute atomic E-state index is 0.0775. The molecule has 0 spiro atoms. The number of nitrogens with one attached hydrogen (secondary N) is 1. The summed E-state index contributed by atoms with van der Waals surface area (Å²) in [5.41, 5.74) is 2.36. The number of imide groups is 1. The molecule has 24 heavy (non-hydrogen) atoms. The van der Waals surface area contributed by atoms with Crippen molar-refractivity contribution >= 4 is 34.8 Å².